The molecule has 0 atom stereocenters. The number of aromatic nitrogens is 1. The van der Waals surface area contributed by atoms with Gasteiger partial charge in [-0.15, -0.1) is 0 Å². The number of rotatable bonds is 7. The van der Waals surface area contributed by atoms with Gasteiger partial charge in [-0.25, -0.2) is 4.79 Å². The maximum absolute atomic E-state index is 12.9. The first-order chi connectivity index (χ1) is 12.9. The van der Waals surface area contributed by atoms with Gasteiger partial charge >= 0.3 is 6.03 Å². The van der Waals surface area contributed by atoms with Crippen LogP contribution in [0, 0.1) is 6.92 Å². The van der Waals surface area contributed by atoms with Gasteiger partial charge in [0, 0.05) is 50.8 Å². The normalized spacial score (nSPS) is 10.4. The van der Waals surface area contributed by atoms with Crippen LogP contribution in [0.3, 0.4) is 0 Å². The molecule has 0 aliphatic rings. The van der Waals surface area contributed by atoms with Gasteiger partial charge in [0.2, 0.25) is 0 Å². The summed E-state index contributed by atoms with van der Waals surface area (Å²) in [6.07, 6.45) is 5.42. The van der Waals surface area contributed by atoms with Crippen molar-refractivity contribution in [3.63, 3.8) is 0 Å². The third-order valence-corrected chi connectivity index (χ3v) is 4.38. The molecule has 0 unspecified atom stereocenters. The van der Waals surface area contributed by atoms with Gasteiger partial charge < -0.3 is 15.1 Å². The number of hydrogen-bond acceptors (Lipinski definition) is 3. The lowest BCUT2D eigenvalue weighted by Crippen LogP contribution is -2.35. The van der Waals surface area contributed by atoms with Crippen LogP contribution in [-0.4, -0.2) is 47.4 Å². The van der Waals surface area contributed by atoms with Crippen molar-refractivity contribution in [2.75, 3.05) is 26.0 Å². The molecule has 1 heterocycles. The smallest absolute Gasteiger partial charge is 0.322 e. The highest BCUT2D eigenvalue weighted by Crippen LogP contribution is 2.21. The molecule has 0 spiro atoms. The Morgan fingerprint density at radius 3 is 2.56 bits per heavy atom. The molecular formula is C21H28N4O2. The molecule has 1 aromatic carbocycles. The van der Waals surface area contributed by atoms with E-state index >= 15 is 0 Å². The van der Waals surface area contributed by atoms with Crippen LogP contribution in [-0.2, 0) is 6.54 Å². The fourth-order valence-corrected chi connectivity index (χ4v) is 2.75. The number of carbonyl (C=O) groups is 2. The molecule has 0 saturated carbocycles. The SMILES string of the molecule is CCCCN(Cc1cccnc1)C(=O)Nc1cccc(C(=O)N(C)C)c1C. The standard InChI is InChI=1S/C21H28N4O2/c1-5-6-13-25(15-17-9-8-12-22-14-17)21(27)23-19-11-7-10-18(16(19)2)20(26)24(3)4/h7-12,14H,5-6,13,15H2,1-4H3,(H,23,27). The maximum atomic E-state index is 12.9. The second kappa shape index (κ2) is 9.71. The minimum absolute atomic E-state index is 0.0817. The van der Waals surface area contributed by atoms with Crippen molar-refractivity contribution in [3.8, 4) is 0 Å². The fraction of sp³-hybridized carbons (Fsp3) is 0.381. The van der Waals surface area contributed by atoms with Crippen LogP contribution in [0.1, 0.15) is 41.3 Å². The quantitative estimate of drug-likeness (QED) is 0.805. The van der Waals surface area contributed by atoms with Gasteiger partial charge in [0.15, 0.2) is 0 Å². The van der Waals surface area contributed by atoms with Crippen LogP contribution in [0.5, 0.6) is 0 Å². The van der Waals surface area contributed by atoms with E-state index in [-0.39, 0.29) is 11.9 Å². The van der Waals surface area contributed by atoms with Crippen molar-refractivity contribution >= 4 is 17.6 Å². The molecule has 2 aromatic rings. The summed E-state index contributed by atoms with van der Waals surface area (Å²) in [7, 11) is 3.43. The highest BCUT2D eigenvalue weighted by molar-refractivity contribution is 5.98. The summed E-state index contributed by atoms with van der Waals surface area (Å²) in [6, 6.07) is 9.04. The lowest BCUT2D eigenvalue weighted by molar-refractivity contribution is 0.0827. The van der Waals surface area contributed by atoms with Gasteiger partial charge in [0.25, 0.3) is 5.91 Å². The van der Waals surface area contributed by atoms with Crippen molar-refractivity contribution in [2.24, 2.45) is 0 Å². The second-order valence-electron chi connectivity index (χ2n) is 6.74. The lowest BCUT2D eigenvalue weighted by Gasteiger charge is -2.24. The minimum Gasteiger partial charge on any atom is -0.345 e. The molecule has 3 amide bonds. The van der Waals surface area contributed by atoms with E-state index in [9.17, 15) is 9.59 Å². The molecule has 0 aliphatic heterocycles. The number of hydrogen-bond donors (Lipinski definition) is 1. The number of anilines is 1. The first-order valence-corrected chi connectivity index (χ1v) is 9.20. The number of nitrogens with one attached hydrogen (secondary N) is 1. The molecular weight excluding hydrogens is 340 g/mol. The molecule has 6 heteroatoms. The summed E-state index contributed by atoms with van der Waals surface area (Å²) < 4.78 is 0. The van der Waals surface area contributed by atoms with Crippen molar-refractivity contribution < 1.29 is 9.59 Å². The Morgan fingerprint density at radius 2 is 1.93 bits per heavy atom. The molecule has 2 rings (SSSR count). The van der Waals surface area contributed by atoms with Crippen LogP contribution < -0.4 is 5.32 Å². The maximum Gasteiger partial charge on any atom is 0.322 e. The lowest BCUT2D eigenvalue weighted by atomic mass is 10.1. The summed E-state index contributed by atoms with van der Waals surface area (Å²) in [5, 5.41) is 2.97. The van der Waals surface area contributed by atoms with E-state index in [0.717, 1.165) is 24.0 Å². The summed E-state index contributed by atoms with van der Waals surface area (Å²) in [4.78, 5) is 32.6. The number of amides is 3. The monoisotopic (exact) mass is 368 g/mol. The average Bonchev–Trinajstić information content (AvgIpc) is 2.66. The van der Waals surface area contributed by atoms with E-state index in [1.165, 1.54) is 4.90 Å². The summed E-state index contributed by atoms with van der Waals surface area (Å²) in [5.41, 5.74) is 2.99. The van der Waals surface area contributed by atoms with Gasteiger partial charge in [-0.1, -0.05) is 25.5 Å². The van der Waals surface area contributed by atoms with Crippen LogP contribution >= 0.6 is 0 Å². The van der Waals surface area contributed by atoms with Crippen molar-refractivity contribution in [3.05, 3.63) is 59.4 Å². The minimum atomic E-state index is -0.176. The Morgan fingerprint density at radius 1 is 1.15 bits per heavy atom. The Bertz CT molecular complexity index is 775. The van der Waals surface area contributed by atoms with E-state index in [4.69, 9.17) is 0 Å². The number of nitrogens with zero attached hydrogens (tertiary/aromatic N) is 3. The molecule has 0 fully saturated rings. The van der Waals surface area contributed by atoms with Gasteiger partial charge in [-0.3, -0.25) is 9.78 Å². The predicted molar refractivity (Wildman–Crippen MR) is 108 cm³/mol. The zero-order valence-electron chi connectivity index (χ0n) is 16.5. The largest absolute Gasteiger partial charge is 0.345 e. The molecule has 27 heavy (non-hydrogen) atoms. The van der Waals surface area contributed by atoms with E-state index in [0.29, 0.717) is 24.3 Å². The number of pyridine rings is 1. The van der Waals surface area contributed by atoms with Gasteiger partial charge in [0.05, 0.1) is 0 Å². The van der Waals surface area contributed by atoms with Gasteiger partial charge in [0.1, 0.15) is 0 Å². The number of urea groups is 1. The molecule has 0 aliphatic carbocycles. The topological polar surface area (TPSA) is 65.5 Å². The molecule has 144 valence electrons. The highest BCUT2D eigenvalue weighted by atomic mass is 16.2. The van der Waals surface area contributed by atoms with Crippen LogP contribution in [0.25, 0.3) is 0 Å². The van der Waals surface area contributed by atoms with Gasteiger partial charge in [-0.2, -0.15) is 0 Å². The first-order valence-electron chi connectivity index (χ1n) is 9.20. The summed E-state index contributed by atoms with van der Waals surface area (Å²) in [5.74, 6) is -0.0817. The Balaban J connectivity index is 2.19. The van der Waals surface area contributed by atoms with E-state index in [1.54, 1.807) is 43.5 Å². The Labute approximate surface area is 161 Å². The van der Waals surface area contributed by atoms with E-state index in [2.05, 4.69) is 17.2 Å². The molecule has 6 nitrogen and oxygen atoms in total. The van der Waals surface area contributed by atoms with Crippen molar-refractivity contribution in [1.82, 2.24) is 14.8 Å². The predicted octanol–water partition coefficient (Wildman–Crippen LogP) is 3.93. The zero-order chi connectivity index (χ0) is 19.8. The fourth-order valence-electron chi connectivity index (χ4n) is 2.75. The molecule has 1 N–H and O–H groups in total. The molecule has 1 aromatic heterocycles. The number of carbonyl (C=O) groups excluding carboxylic acids is 2. The molecule has 0 bridgehead atoms. The molecule has 0 radical (unpaired) electrons. The Hall–Kier alpha value is -2.89. The van der Waals surface area contributed by atoms with E-state index < -0.39 is 0 Å². The third kappa shape index (κ3) is 5.54. The second-order valence-corrected chi connectivity index (χ2v) is 6.74. The first kappa shape index (κ1) is 20.4. The number of benzene rings is 1. The summed E-state index contributed by atoms with van der Waals surface area (Å²) >= 11 is 0. The highest BCUT2D eigenvalue weighted by Gasteiger charge is 2.18. The Kier molecular flexibility index (Phi) is 7.34. The van der Waals surface area contributed by atoms with Crippen molar-refractivity contribution in [2.45, 2.75) is 33.2 Å². The van der Waals surface area contributed by atoms with Crippen LogP contribution in [0.4, 0.5) is 10.5 Å². The van der Waals surface area contributed by atoms with Gasteiger partial charge in [-0.05, 0) is 42.7 Å². The molecule has 0 saturated heterocycles. The van der Waals surface area contributed by atoms with Crippen LogP contribution in [0.15, 0.2) is 42.7 Å². The van der Waals surface area contributed by atoms with Crippen molar-refractivity contribution in [1.29, 1.82) is 0 Å². The van der Waals surface area contributed by atoms with E-state index in [1.807, 2.05) is 25.1 Å². The summed E-state index contributed by atoms with van der Waals surface area (Å²) in [6.45, 7) is 5.10. The zero-order valence-corrected chi connectivity index (χ0v) is 16.5. The average molecular weight is 368 g/mol. The number of unbranched alkanes of at least 4 members (excludes halogenated alkanes) is 1. The third-order valence-electron chi connectivity index (χ3n) is 4.38. The van der Waals surface area contributed by atoms with Crippen LogP contribution in [0.2, 0.25) is 0 Å².